The van der Waals surface area contributed by atoms with E-state index in [0.717, 1.165) is 0 Å². The van der Waals surface area contributed by atoms with Crippen molar-refractivity contribution in [1.29, 1.82) is 0 Å². The Kier molecular flexibility index (Phi) is 13.5. The molecule has 0 aliphatic rings. The molecule has 0 amide bonds. The Bertz CT molecular complexity index is 682. The molecular weight excluding hydrogens is 396 g/mol. The summed E-state index contributed by atoms with van der Waals surface area (Å²) in [6, 6.07) is 11.7. The van der Waals surface area contributed by atoms with Crippen molar-refractivity contribution in [3.63, 3.8) is 0 Å². The largest absolute Gasteiger partial charge is 0.491 e. The minimum absolute atomic E-state index is 0.0360. The molecule has 1 N–H and O–H groups in total. The molecule has 2 aromatic rings. The van der Waals surface area contributed by atoms with Gasteiger partial charge in [0.2, 0.25) is 0 Å². The van der Waals surface area contributed by atoms with Crippen LogP contribution in [0.4, 0.5) is 0 Å². The smallest absolute Gasteiger partial charge is 0.153 e. The molecular formula is C22H31ClO4S. The number of carbonyl (C=O) groups excluding carboxylic acids is 1. The highest BCUT2D eigenvalue weighted by Gasteiger charge is 2.06. The van der Waals surface area contributed by atoms with Gasteiger partial charge in [-0.25, -0.2) is 0 Å². The summed E-state index contributed by atoms with van der Waals surface area (Å²) in [6.07, 6.45) is 2.82. The summed E-state index contributed by atoms with van der Waals surface area (Å²) in [6.45, 7) is 10.8. The maximum Gasteiger partial charge on any atom is 0.153 e. The van der Waals surface area contributed by atoms with Gasteiger partial charge in [-0.15, -0.1) is 0 Å². The van der Waals surface area contributed by atoms with E-state index in [9.17, 15) is 4.79 Å². The van der Waals surface area contributed by atoms with Crippen molar-refractivity contribution >= 4 is 29.6 Å². The summed E-state index contributed by atoms with van der Waals surface area (Å²) in [5.74, 6) is 1.65. The molecule has 0 atom stereocenters. The molecule has 156 valence electrons. The van der Waals surface area contributed by atoms with Crippen molar-refractivity contribution in [2.24, 2.45) is 0 Å². The van der Waals surface area contributed by atoms with Gasteiger partial charge in [-0.05, 0) is 48.7 Å². The minimum atomic E-state index is -0.0360. The number of carbonyl (C=O) groups is 1. The third-order valence-corrected chi connectivity index (χ3v) is 4.58. The number of ether oxygens (including phenoxy) is 2. The summed E-state index contributed by atoms with van der Waals surface area (Å²) in [5.41, 5.74) is 0.387. The molecule has 0 aliphatic heterocycles. The number of hydrogen-bond donors (Lipinski definition) is 1. The molecule has 0 unspecified atom stereocenters. The van der Waals surface area contributed by atoms with Crippen LogP contribution in [0.3, 0.4) is 0 Å². The molecule has 0 saturated carbocycles. The molecule has 0 bridgehead atoms. The first-order valence-electron chi connectivity index (χ1n) is 9.10. The van der Waals surface area contributed by atoms with Crippen LogP contribution in [0.2, 0.25) is 5.02 Å². The van der Waals surface area contributed by atoms with Crippen LogP contribution in [0.25, 0.3) is 0 Å². The number of aliphatic hydroxyl groups is 1. The minimum Gasteiger partial charge on any atom is -0.491 e. The fraction of sp³-hybridized carbons (Fsp3) is 0.409. The second kappa shape index (κ2) is 14.3. The Hall–Kier alpha value is -1.69. The van der Waals surface area contributed by atoms with Gasteiger partial charge in [0.25, 0.3) is 0 Å². The van der Waals surface area contributed by atoms with Gasteiger partial charge in [-0.3, -0.25) is 4.79 Å². The van der Waals surface area contributed by atoms with Crippen LogP contribution in [0, 0.1) is 0 Å². The van der Waals surface area contributed by atoms with E-state index in [-0.39, 0.29) is 13.2 Å². The van der Waals surface area contributed by atoms with Crippen molar-refractivity contribution in [1.82, 2.24) is 0 Å². The number of aliphatic hydroxyl groups excluding tert-OH is 1. The van der Waals surface area contributed by atoms with Crippen LogP contribution in [0.5, 0.6) is 17.2 Å². The van der Waals surface area contributed by atoms with Crippen LogP contribution < -0.4 is 9.47 Å². The summed E-state index contributed by atoms with van der Waals surface area (Å²) in [7, 11) is 0. The molecule has 0 fully saturated rings. The number of aldehydes is 1. The topological polar surface area (TPSA) is 55.8 Å². The Labute approximate surface area is 178 Å². The van der Waals surface area contributed by atoms with E-state index in [1.54, 1.807) is 42.5 Å². The van der Waals surface area contributed by atoms with Crippen LogP contribution in [-0.2, 0) is 0 Å². The molecule has 2 rings (SSSR count). The van der Waals surface area contributed by atoms with Gasteiger partial charge in [0.05, 0.1) is 12.2 Å². The Balaban J connectivity index is 0.000000780. The summed E-state index contributed by atoms with van der Waals surface area (Å²) >= 11 is 7.70. The molecule has 0 aromatic heterocycles. The van der Waals surface area contributed by atoms with Crippen LogP contribution in [-0.4, -0.2) is 35.6 Å². The fourth-order valence-electron chi connectivity index (χ4n) is 1.60. The number of halogens is 1. The molecule has 4 nitrogen and oxygen atoms in total. The standard InChI is InChI=1S/C15H13ClO4.C5H12S.C2H6/c16-12-1-6-15(11(9-12)10-18)20-14-4-2-13(3-5-14)19-8-7-17;1-5(2,3)6-4;1-2/h1-6,9-10,17H,7-8H2;1-4H3;1-2H3. The van der Waals surface area contributed by atoms with E-state index in [4.69, 9.17) is 26.2 Å². The molecule has 28 heavy (non-hydrogen) atoms. The summed E-state index contributed by atoms with van der Waals surface area (Å²) < 4.78 is 11.3. The lowest BCUT2D eigenvalue weighted by Gasteiger charge is -2.12. The van der Waals surface area contributed by atoms with E-state index in [1.165, 1.54) is 0 Å². The van der Waals surface area contributed by atoms with Gasteiger partial charge in [0.15, 0.2) is 6.29 Å². The Morgan fingerprint density at radius 2 is 1.61 bits per heavy atom. The van der Waals surface area contributed by atoms with Gasteiger partial charge in [-0.2, -0.15) is 11.8 Å². The third-order valence-electron chi connectivity index (χ3n) is 3.12. The first-order valence-corrected chi connectivity index (χ1v) is 10.7. The highest BCUT2D eigenvalue weighted by Crippen LogP contribution is 2.28. The van der Waals surface area contributed by atoms with Gasteiger partial charge in [-0.1, -0.05) is 46.2 Å². The van der Waals surface area contributed by atoms with E-state index in [0.29, 0.717) is 38.9 Å². The number of benzene rings is 2. The Morgan fingerprint density at radius 3 is 2.07 bits per heavy atom. The van der Waals surface area contributed by atoms with Gasteiger partial charge >= 0.3 is 0 Å². The van der Waals surface area contributed by atoms with Crippen LogP contribution in [0.1, 0.15) is 45.0 Å². The fourth-order valence-corrected chi connectivity index (χ4v) is 1.78. The molecule has 2 aromatic carbocycles. The SMILES string of the molecule is CC.CSC(C)(C)C.O=Cc1cc(Cl)ccc1Oc1ccc(OCCO)cc1. The number of thioether (sulfide) groups is 1. The maximum absolute atomic E-state index is 11.0. The molecule has 0 heterocycles. The lowest BCUT2D eigenvalue weighted by Crippen LogP contribution is -2.04. The van der Waals surface area contributed by atoms with E-state index >= 15 is 0 Å². The molecule has 0 aliphatic carbocycles. The molecule has 6 heteroatoms. The van der Waals surface area contributed by atoms with E-state index in [1.807, 2.05) is 25.6 Å². The number of rotatable bonds is 6. The zero-order valence-corrected chi connectivity index (χ0v) is 19.1. The lowest BCUT2D eigenvalue weighted by atomic mass is 10.2. The predicted octanol–water partition coefficient (Wildman–Crippen LogP) is 6.49. The first kappa shape index (κ1) is 26.3. The maximum atomic E-state index is 11.0. The molecule has 0 radical (unpaired) electrons. The average Bonchev–Trinajstić information content (AvgIpc) is 2.70. The van der Waals surface area contributed by atoms with Crippen molar-refractivity contribution in [3.8, 4) is 17.2 Å². The lowest BCUT2D eigenvalue weighted by molar-refractivity contribution is 0.112. The van der Waals surface area contributed by atoms with Crippen molar-refractivity contribution < 1.29 is 19.4 Å². The second-order valence-electron chi connectivity index (χ2n) is 6.26. The van der Waals surface area contributed by atoms with Crippen molar-refractivity contribution in [2.45, 2.75) is 39.4 Å². The highest BCUT2D eigenvalue weighted by molar-refractivity contribution is 7.99. The summed E-state index contributed by atoms with van der Waals surface area (Å²) in [4.78, 5) is 11.0. The van der Waals surface area contributed by atoms with Gasteiger partial charge < -0.3 is 14.6 Å². The quantitative estimate of drug-likeness (QED) is 0.535. The Morgan fingerprint density at radius 1 is 1.07 bits per heavy atom. The first-order chi connectivity index (χ1) is 13.3. The van der Waals surface area contributed by atoms with Gasteiger partial charge in [0.1, 0.15) is 23.9 Å². The highest BCUT2D eigenvalue weighted by atomic mass is 35.5. The monoisotopic (exact) mass is 426 g/mol. The third kappa shape index (κ3) is 11.2. The van der Waals surface area contributed by atoms with E-state index in [2.05, 4.69) is 27.0 Å². The van der Waals surface area contributed by atoms with Crippen molar-refractivity contribution in [3.05, 3.63) is 53.1 Å². The predicted molar refractivity (Wildman–Crippen MR) is 121 cm³/mol. The van der Waals surface area contributed by atoms with Gasteiger partial charge in [0, 0.05) is 9.77 Å². The van der Waals surface area contributed by atoms with E-state index < -0.39 is 0 Å². The second-order valence-corrected chi connectivity index (χ2v) is 8.33. The number of hydrogen-bond acceptors (Lipinski definition) is 5. The normalized spacial score (nSPS) is 10.0. The van der Waals surface area contributed by atoms with Crippen molar-refractivity contribution in [2.75, 3.05) is 19.5 Å². The van der Waals surface area contributed by atoms with Crippen LogP contribution >= 0.6 is 23.4 Å². The van der Waals surface area contributed by atoms with Crippen LogP contribution in [0.15, 0.2) is 42.5 Å². The zero-order valence-electron chi connectivity index (χ0n) is 17.5. The average molecular weight is 427 g/mol. The molecule has 0 spiro atoms. The zero-order chi connectivity index (χ0) is 21.6. The molecule has 0 saturated heterocycles. The summed E-state index contributed by atoms with van der Waals surface area (Å²) in [5, 5.41) is 9.14.